The molecule has 0 radical (unpaired) electrons. The second kappa shape index (κ2) is 10.8. The fourth-order valence-electron chi connectivity index (χ4n) is 3.13. The van der Waals surface area contributed by atoms with Gasteiger partial charge in [0, 0.05) is 34.5 Å². The number of rotatable bonds is 8. The Morgan fingerprint density at radius 3 is 2.63 bits per heavy atom. The van der Waals surface area contributed by atoms with E-state index in [-0.39, 0.29) is 18.9 Å². The van der Waals surface area contributed by atoms with Crippen LogP contribution in [0.4, 0.5) is 0 Å². The molecule has 0 saturated carbocycles. The highest BCUT2D eigenvalue weighted by Gasteiger charge is 2.19. The molecular formula is C21H24IN3O4S. The number of hydrogen-bond donors (Lipinski definition) is 2. The van der Waals surface area contributed by atoms with E-state index in [2.05, 4.69) is 27.9 Å². The molecule has 0 bridgehead atoms. The highest BCUT2D eigenvalue weighted by molar-refractivity contribution is 14.1. The molecule has 2 aromatic rings. The van der Waals surface area contributed by atoms with Crippen LogP contribution < -0.4 is 14.8 Å². The average Bonchev–Trinajstić information content (AvgIpc) is 3.45. The summed E-state index contributed by atoms with van der Waals surface area (Å²) >= 11 is 3.70. The average molecular weight is 541 g/mol. The van der Waals surface area contributed by atoms with Crippen LogP contribution in [0.2, 0.25) is 0 Å². The second-order valence-corrected chi connectivity index (χ2v) is 8.72. The van der Waals surface area contributed by atoms with Gasteiger partial charge in [-0.15, -0.1) is 11.3 Å². The van der Waals surface area contributed by atoms with Gasteiger partial charge in [0.25, 0.3) is 5.91 Å². The molecule has 7 nitrogen and oxygen atoms in total. The number of nitrogens with one attached hydrogen (secondary N) is 2. The van der Waals surface area contributed by atoms with E-state index in [4.69, 9.17) is 14.9 Å². The van der Waals surface area contributed by atoms with Crippen molar-refractivity contribution in [3.05, 3.63) is 45.6 Å². The number of hydrogen-bond acceptors (Lipinski definition) is 6. The third-order valence-electron chi connectivity index (χ3n) is 4.71. The monoisotopic (exact) mass is 541 g/mol. The number of esters is 1. The summed E-state index contributed by atoms with van der Waals surface area (Å²) in [5.74, 6) is 0.502. The Balaban J connectivity index is 1.52. The fourth-order valence-corrected chi connectivity index (χ4v) is 4.63. The summed E-state index contributed by atoms with van der Waals surface area (Å²) < 4.78 is 11.6. The first-order valence-electron chi connectivity index (χ1n) is 9.67. The second-order valence-electron chi connectivity index (χ2n) is 6.79. The smallest absolute Gasteiger partial charge is 0.313 e. The minimum absolute atomic E-state index is 0.0464. The number of methoxy groups -OCH3 is 1. The lowest BCUT2D eigenvalue weighted by atomic mass is 10.1. The van der Waals surface area contributed by atoms with Gasteiger partial charge in [0.15, 0.2) is 11.5 Å². The first kappa shape index (κ1) is 22.5. The number of ether oxygens (including phenoxy) is 2. The van der Waals surface area contributed by atoms with Crippen molar-refractivity contribution in [2.45, 2.75) is 23.7 Å². The number of amidine groups is 1. The molecule has 1 amide bonds. The maximum Gasteiger partial charge on any atom is 0.313 e. The standard InChI is InChI=1S/C21H24IN3O4S/c1-28-17-12-14(20(23)25-10-2-3-11-25)4-6-16(17)29-19(26)8-9-24-21(27)18-7-5-15(13-22)30-18/h4-7,12,23H,2-3,8-11,13H2,1H3,(H,24,27). The Labute approximate surface area is 193 Å². The van der Waals surface area contributed by atoms with Gasteiger partial charge in [0.2, 0.25) is 0 Å². The Kier molecular flexibility index (Phi) is 8.08. The lowest BCUT2D eigenvalue weighted by molar-refractivity contribution is -0.134. The Morgan fingerprint density at radius 2 is 1.97 bits per heavy atom. The van der Waals surface area contributed by atoms with E-state index >= 15 is 0 Å². The van der Waals surface area contributed by atoms with E-state index < -0.39 is 5.97 Å². The van der Waals surface area contributed by atoms with Crippen LogP contribution >= 0.6 is 33.9 Å². The Bertz CT molecular complexity index is 925. The van der Waals surface area contributed by atoms with Crippen molar-refractivity contribution in [1.82, 2.24) is 10.2 Å². The van der Waals surface area contributed by atoms with Crippen molar-refractivity contribution in [3.63, 3.8) is 0 Å². The number of benzene rings is 1. The van der Waals surface area contributed by atoms with Crippen LogP contribution in [0.1, 0.15) is 39.4 Å². The lowest BCUT2D eigenvalue weighted by Gasteiger charge is -2.19. The van der Waals surface area contributed by atoms with Crippen molar-refractivity contribution in [2.75, 3.05) is 26.7 Å². The van der Waals surface area contributed by atoms with E-state index in [1.165, 1.54) is 18.4 Å². The van der Waals surface area contributed by atoms with Gasteiger partial charge in [-0.25, -0.2) is 0 Å². The van der Waals surface area contributed by atoms with Crippen LogP contribution in [0.15, 0.2) is 30.3 Å². The van der Waals surface area contributed by atoms with Gasteiger partial charge in [0.1, 0.15) is 5.84 Å². The summed E-state index contributed by atoms with van der Waals surface area (Å²) in [6, 6.07) is 8.84. The van der Waals surface area contributed by atoms with E-state index in [9.17, 15) is 9.59 Å². The van der Waals surface area contributed by atoms with E-state index in [1.54, 1.807) is 24.3 Å². The number of nitrogens with zero attached hydrogens (tertiary/aromatic N) is 1. The zero-order valence-corrected chi connectivity index (χ0v) is 19.7. The molecule has 1 aliphatic heterocycles. The summed E-state index contributed by atoms with van der Waals surface area (Å²) in [6.07, 6.45) is 2.24. The van der Waals surface area contributed by atoms with Gasteiger partial charge in [-0.1, -0.05) is 22.6 Å². The number of likely N-dealkylation sites (tertiary alicyclic amines) is 1. The fraction of sp³-hybridized carbons (Fsp3) is 0.381. The molecule has 1 aromatic heterocycles. The maximum atomic E-state index is 12.2. The molecule has 30 heavy (non-hydrogen) atoms. The van der Waals surface area contributed by atoms with Crippen LogP contribution in [0.5, 0.6) is 11.5 Å². The summed E-state index contributed by atoms with van der Waals surface area (Å²) in [6.45, 7) is 1.96. The minimum atomic E-state index is -0.463. The molecule has 1 aliphatic rings. The molecule has 0 unspecified atom stereocenters. The van der Waals surface area contributed by atoms with Gasteiger partial charge in [-0.05, 0) is 43.2 Å². The topological polar surface area (TPSA) is 91.7 Å². The molecule has 1 fully saturated rings. The number of carbonyl (C=O) groups is 2. The van der Waals surface area contributed by atoms with E-state index in [1.807, 2.05) is 11.0 Å². The van der Waals surface area contributed by atoms with Crippen molar-refractivity contribution in [1.29, 1.82) is 5.41 Å². The first-order valence-corrected chi connectivity index (χ1v) is 12.0. The number of thiophene rings is 1. The predicted octanol–water partition coefficient (Wildman–Crippen LogP) is 3.84. The van der Waals surface area contributed by atoms with Gasteiger partial charge < -0.3 is 19.7 Å². The Morgan fingerprint density at radius 1 is 1.20 bits per heavy atom. The van der Waals surface area contributed by atoms with Gasteiger partial charge in [-0.3, -0.25) is 15.0 Å². The van der Waals surface area contributed by atoms with Crippen LogP contribution in [0, 0.1) is 5.41 Å². The van der Waals surface area contributed by atoms with Crippen molar-refractivity contribution < 1.29 is 19.1 Å². The molecule has 0 spiro atoms. The quantitative estimate of drug-likeness (QED) is 0.132. The van der Waals surface area contributed by atoms with Gasteiger partial charge in [0.05, 0.1) is 18.4 Å². The zero-order chi connectivity index (χ0) is 21.5. The lowest BCUT2D eigenvalue weighted by Crippen LogP contribution is -2.27. The van der Waals surface area contributed by atoms with Gasteiger partial charge >= 0.3 is 5.97 Å². The molecule has 1 saturated heterocycles. The predicted molar refractivity (Wildman–Crippen MR) is 125 cm³/mol. The normalized spacial score (nSPS) is 13.2. The first-order chi connectivity index (χ1) is 14.5. The Hall–Kier alpha value is -2.14. The van der Waals surface area contributed by atoms with Crippen LogP contribution in [0.25, 0.3) is 0 Å². The molecule has 3 rings (SSSR count). The molecule has 9 heteroatoms. The largest absolute Gasteiger partial charge is 0.493 e. The highest BCUT2D eigenvalue weighted by Crippen LogP contribution is 2.29. The third kappa shape index (κ3) is 5.72. The molecule has 0 atom stereocenters. The van der Waals surface area contributed by atoms with Crippen molar-refractivity contribution in [3.8, 4) is 11.5 Å². The maximum absolute atomic E-state index is 12.2. The summed E-state index contributed by atoms with van der Waals surface area (Å²) in [7, 11) is 1.50. The third-order valence-corrected chi connectivity index (χ3v) is 7.14. The van der Waals surface area contributed by atoms with Crippen molar-refractivity contribution in [2.24, 2.45) is 0 Å². The minimum Gasteiger partial charge on any atom is -0.493 e. The molecular weight excluding hydrogens is 517 g/mol. The van der Waals surface area contributed by atoms with E-state index in [0.717, 1.165) is 40.8 Å². The molecule has 0 aliphatic carbocycles. The molecule has 2 heterocycles. The highest BCUT2D eigenvalue weighted by atomic mass is 127. The number of carbonyl (C=O) groups excluding carboxylic acids is 2. The van der Waals surface area contributed by atoms with Gasteiger partial charge in [-0.2, -0.15) is 0 Å². The SMILES string of the molecule is COc1cc(C(=N)N2CCCC2)ccc1OC(=O)CCNC(=O)c1ccc(CI)s1. The number of amides is 1. The van der Waals surface area contributed by atoms with Crippen LogP contribution in [0.3, 0.4) is 0 Å². The number of halogens is 1. The van der Waals surface area contributed by atoms with Crippen molar-refractivity contribution >= 4 is 51.6 Å². The number of alkyl halides is 1. The summed E-state index contributed by atoms with van der Waals surface area (Å²) in [5, 5.41) is 11.1. The zero-order valence-electron chi connectivity index (χ0n) is 16.7. The van der Waals surface area contributed by atoms with Crippen LogP contribution in [-0.2, 0) is 9.22 Å². The van der Waals surface area contributed by atoms with E-state index in [0.29, 0.717) is 22.2 Å². The molecule has 1 aromatic carbocycles. The van der Waals surface area contributed by atoms with Crippen LogP contribution in [-0.4, -0.2) is 49.4 Å². The summed E-state index contributed by atoms with van der Waals surface area (Å²) in [4.78, 5) is 28.1. The molecule has 2 N–H and O–H groups in total. The summed E-state index contributed by atoms with van der Waals surface area (Å²) in [5.41, 5.74) is 0.725. The molecule has 160 valence electrons.